The molecule has 0 bridgehead atoms. The summed E-state index contributed by atoms with van der Waals surface area (Å²) >= 11 is 1.48. The number of benzene rings is 1. The smallest absolute Gasteiger partial charge is 0.230 e. The van der Waals surface area contributed by atoms with Gasteiger partial charge in [-0.15, -0.1) is 11.3 Å². The van der Waals surface area contributed by atoms with E-state index in [2.05, 4.69) is 15.3 Å². The van der Waals surface area contributed by atoms with Crippen LogP contribution < -0.4 is 5.32 Å². The molecule has 1 amide bonds. The fourth-order valence-corrected chi connectivity index (χ4v) is 3.27. The third-order valence-electron chi connectivity index (χ3n) is 4.03. The second kappa shape index (κ2) is 7.01. The second-order valence-electron chi connectivity index (χ2n) is 5.97. The van der Waals surface area contributed by atoms with Gasteiger partial charge in [0.05, 0.1) is 34.5 Å². The summed E-state index contributed by atoms with van der Waals surface area (Å²) < 4.78 is 0. The van der Waals surface area contributed by atoms with Gasteiger partial charge in [-0.2, -0.15) is 0 Å². The Labute approximate surface area is 154 Å². The Morgan fingerprint density at radius 1 is 1.12 bits per heavy atom. The van der Waals surface area contributed by atoms with Crippen molar-refractivity contribution >= 4 is 33.8 Å². The van der Waals surface area contributed by atoms with E-state index in [-0.39, 0.29) is 12.3 Å². The van der Waals surface area contributed by atoms with Crippen molar-refractivity contribution < 1.29 is 4.79 Å². The van der Waals surface area contributed by atoms with Crippen molar-refractivity contribution in [2.75, 3.05) is 5.32 Å². The summed E-state index contributed by atoms with van der Waals surface area (Å²) in [6.45, 7) is 1.95. The number of aromatic nitrogens is 3. The zero-order valence-electron chi connectivity index (χ0n) is 14.1. The molecule has 0 atom stereocenters. The van der Waals surface area contributed by atoms with E-state index >= 15 is 0 Å². The van der Waals surface area contributed by atoms with Crippen molar-refractivity contribution in [3.63, 3.8) is 0 Å². The van der Waals surface area contributed by atoms with Crippen LogP contribution >= 0.6 is 11.3 Å². The van der Waals surface area contributed by atoms with Crippen molar-refractivity contribution in [2.45, 2.75) is 13.3 Å². The lowest BCUT2D eigenvalue weighted by Crippen LogP contribution is -2.15. The number of carbonyl (C=O) groups is 1. The molecule has 1 N–H and O–H groups in total. The zero-order chi connectivity index (χ0) is 17.9. The molecule has 6 heteroatoms. The van der Waals surface area contributed by atoms with Crippen LogP contribution in [0.15, 0.2) is 59.6 Å². The van der Waals surface area contributed by atoms with Gasteiger partial charge in [-0.25, -0.2) is 9.97 Å². The van der Waals surface area contributed by atoms with Gasteiger partial charge in [0.2, 0.25) is 5.91 Å². The van der Waals surface area contributed by atoms with Gasteiger partial charge in [0, 0.05) is 28.2 Å². The first-order chi connectivity index (χ1) is 12.7. The van der Waals surface area contributed by atoms with E-state index in [0.29, 0.717) is 5.69 Å². The fraction of sp³-hybridized carbons (Fsp3) is 0.100. The summed E-state index contributed by atoms with van der Waals surface area (Å²) in [6, 6.07) is 13.7. The summed E-state index contributed by atoms with van der Waals surface area (Å²) in [4.78, 5) is 25.6. The molecule has 0 saturated heterocycles. The van der Waals surface area contributed by atoms with Crippen LogP contribution in [0.4, 0.5) is 5.69 Å². The number of nitrogens with one attached hydrogen (secondary N) is 1. The van der Waals surface area contributed by atoms with Crippen LogP contribution in [0.1, 0.15) is 11.4 Å². The molecule has 3 aromatic heterocycles. The number of para-hydroxylation sites is 1. The predicted octanol–water partition coefficient (Wildman–Crippen LogP) is 4.24. The summed E-state index contributed by atoms with van der Waals surface area (Å²) in [6.07, 6.45) is 2.06. The molecule has 4 rings (SSSR count). The molecule has 5 nitrogen and oxygen atoms in total. The summed E-state index contributed by atoms with van der Waals surface area (Å²) in [5.41, 5.74) is 6.69. The molecule has 0 aliphatic heterocycles. The maximum Gasteiger partial charge on any atom is 0.230 e. The molecule has 0 aliphatic carbocycles. The van der Waals surface area contributed by atoms with Crippen LogP contribution in [-0.4, -0.2) is 20.9 Å². The number of hydrogen-bond acceptors (Lipinski definition) is 5. The molecule has 0 unspecified atom stereocenters. The van der Waals surface area contributed by atoms with Crippen molar-refractivity contribution in [1.82, 2.24) is 15.0 Å². The fourth-order valence-electron chi connectivity index (χ4n) is 2.71. The number of amides is 1. The second-order valence-corrected chi connectivity index (χ2v) is 6.69. The van der Waals surface area contributed by atoms with Gasteiger partial charge < -0.3 is 5.32 Å². The molecular weight excluding hydrogens is 344 g/mol. The van der Waals surface area contributed by atoms with Gasteiger partial charge in [0.25, 0.3) is 0 Å². The SMILES string of the molecule is Cc1ccc(-c2ccc3cccc(NC(=O)Cc4cscn4)c3n2)cn1. The molecular formula is C20H16N4OS. The molecule has 128 valence electrons. The Bertz CT molecular complexity index is 1060. The monoisotopic (exact) mass is 360 g/mol. The van der Waals surface area contributed by atoms with E-state index in [1.807, 2.05) is 61.0 Å². The molecule has 0 saturated carbocycles. The molecule has 4 aromatic rings. The molecule has 0 radical (unpaired) electrons. The number of nitrogens with zero attached hydrogens (tertiary/aromatic N) is 3. The number of carbonyl (C=O) groups excluding carboxylic acids is 1. The minimum atomic E-state index is -0.104. The molecule has 0 aliphatic rings. The van der Waals surface area contributed by atoms with Crippen LogP contribution in [-0.2, 0) is 11.2 Å². The number of thiazole rings is 1. The van der Waals surface area contributed by atoms with Crippen LogP contribution in [0.3, 0.4) is 0 Å². The Morgan fingerprint density at radius 2 is 2.04 bits per heavy atom. The Kier molecular flexibility index (Phi) is 4.41. The van der Waals surface area contributed by atoms with Crippen molar-refractivity contribution in [1.29, 1.82) is 0 Å². The van der Waals surface area contributed by atoms with Gasteiger partial charge in [-0.3, -0.25) is 9.78 Å². The van der Waals surface area contributed by atoms with Gasteiger partial charge in [0.15, 0.2) is 0 Å². The number of anilines is 1. The number of rotatable bonds is 4. The zero-order valence-corrected chi connectivity index (χ0v) is 15.0. The van der Waals surface area contributed by atoms with E-state index in [1.165, 1.54) is 11.3 Å². The van der Waals surface area contributed by atoms with Crippen molar-refractivity contribution in [2.24, 2.45) is 0 Å². The van der Waals surface area contributed by atoms with Gasteiger partial charge in [-0.1, -0.05) is 18.2 Å². The topological polar surface area (TPSA) is 67.8 Å². The average molecular weight is 360 g/mol. The first-order valence-corrected chi connectivity index (χ1v) is 9.13. The first-order valence-electron chi connectivity index (χ1n) is 8.19. The lowest BCUT2D eigenvalue weighted by Gasteiger charge is -2.09. The minimum Gasteiger partial charge on any atom is -0.324 e. The number of fused-ring (bicyclic) bond motifs is 1. The normalized spacial score (nSPS) is 10.8. The molecule has 0 fully saturated rings. The number of pyridine rings is 2. The molecule has 26 heavy (non-hydrogen) atoms. The first kappa shape index (κ1) is 16.4. The lowest BCUT2D eigenvalue weighted by molar-refractivity contribution is -0.115. The summed E-state index contributed by atoms with van der Waals surface area (Å²) in [5.74, 6) is -0.104. The van der Waals surface area contributed by atoms with Crippen LogP contribution in [0.5, 0.6) is 0 Å². The Morgan fingerprint density at radius 3 is 2.81 bits per heavy atom. The highest BCUT2D eigenvalue weighted by molar-refractivity contribution is 7.07. The molecule has 0 spiro atoms. The highest BCUT2D eigenvalue weighted by atomic mass is 32.1. The maximum absolute atomic E-state index is 12.3. The highest BCUT2D eigenvalue weighted by Crippen LogP contribution is 2.26. The summed E-state index contributed by atoms with van der Waals surface area (Å²) in [7, 11) is 0. The average Bonchev–Trinajstić information content (AvgIpc) is 3.15. The Hall–Kier alpha value is -3.12. The third kappa shape index (κ3) is 3.45. The summed E-state index contributed by atoms with van der Waals surface area (Å²) in [5, 5.41) is 5.81. The van der Waals surface area contributed by atoms with Gasteiger partial charge in [-0.05, 0) is 31.2 Å². The third-order valence-corrected chi connectivity index (χ3v) is 4.66. The Balaban J connectivity index is 1.67. The number of hydrogen-bond donors (Lipinski definition) is 1. The largest absolute Gasteiger partial charge is 0.324 e. The standard InChI is InChI=1S/C20H16N4OS/c1-13-5-6-15(10-21-13)17-8-7-14-3-2-4-18(20(14)24-17)23-19(25)9-16-11-26-12-22-16/h2-8,10-12H,9H2,1H3,(H,23,25). The number of aryl methyl sites for hydroxylation is 1. The molecule has 1 aromatic carbocycles. The minimum absolute atomic E-state index is 0.104. The van der Waals surface area contributed by atoms with Crippen LogP contribution in [0.25, 0.3) is 22.2 Å². The van der Waals surface area contributed by atoms with E-state index < -0.39 is 0 Å². The van der Waals surface area contributed by atoms with E-state index in [4.69, 9.17) is 4.98 Å². The quantitative estimate of drug-likeness (QED) is 0.591. The van der Waals surface area contributed by atoms with Gasteiger partial charge in [0.1, 0.15) is 0 Å². The van der Waals surface area contributed by atoms with Gasteiger partial charge >= 0.3 is 0 Å². The van der Waals surface area contributed by atoms with E-state index in [9.17, 15) is 4.79 Å². The lowest BCUT2D eigenvalue weighted by atomic mass is 10.1. The van der Waals surface area contributed by atoms with E-state index in [1.54, 1.807) is 5.51 Å². The highest BCUT2D eigenvalue weighted by Gasteiger charge is 2.10. The van der Waals surface area contributed by atoms with E-state index in [0.717, 1.165) is 33.5 Å². The van der Waals surface area contributed by atoms with Crippen LogP contribution in [0.2, 0.25) is 0 Å². The van der Waals surface area contributed by atoms with Crippen molar-refractivity contribution in [3.8, 4) is 11.3 Å². The maximum atomic E-state index is 12.3. The van der Waals surface area contributed by atoms with Crippen LogP contribution in [0, 0.1) is 6.92 Å². The predicted molar refractivity (Wildman–Crippen MR) is 104 cm³/mol. The molecule has 3 heterocycles. The van der Waals surface area contributed by atoms with Crippen molar-refractivity contribution in [3.05, 3.63) is 70.9 Å².